The number of urea groups is 1. The molecule has 1 aromatic carbocycles. The van der Waals surface area contributed by atoms with Crippen molar-refractivity contribution in [2.75, 3.05) is 33.0 Å². The number of ether oxygens (including phenoxy) is 2. The predicted octanol–water partition coefficient (Wildman–Crippen LogP) is 2.94. The number of carbonyl (C=O) groups excluding carboxylic acids is 2. The second-order valence-electron chi connectivity index (χ2n) is 8.55. The molecule has 1 unspecified atom stereocenters. The molecule has 1 aromatic heterocycles. The summed E-state index contributed by atoms with van der Waals surface area (Å²) >= 11 is 0. The molecule has 3 aliphatic rings. The van der Waals surface area contributed by atoms with Gasteiger partial charge < -0.3 is 24.6 Å². The molecular formula is C24H28N4O4. The predicted molar refractivity (Wildman–Crippen MR) is 117 cm³/mol. The zero-order chi connectivity index (χ0) is 21.9. The summed E-state index contributed by atoms with van der Waals surface area (Å²) < 4.78 is 10.9. The van der Waals surface area contributed by atoms with E-state index in [1.807, 2.05) is 46.2 Å². The van der Waals surface area contributed by atoms with Crippen LogP contribution in [0.15, 0.2) is 42.6 Å². The first-order chi connectivity index (χ1) is 15.7. The highest BCUT2D eigenvalue weighted by Gasteiger charge is 2.32. The molecule has 2 saturated heterocycles. The molecule has 32 heavy (non-hydrogen) atoms. The van der Waals surface area contributed by atoms with Gasteiger partial charge in [0, 0.05) is 38.3 Å². The van der Waals surface area contributed by atoms with Gasteiger partial charge in [0.15, 0.2) is 11.5 Å². The third kappa shape index (κ3) is 4.22. The maximum Gasteiger partial charge on any atom is 0.319 e. The van der Waals surface area contributed by atoms with Gasteiger partial charge in [-0.1, -0.05) is 12.1 Å². The Bertz CT molecular complexity index is 969. The SMILES string of the molecule is O=C(NC(c1ccc2c(c1)OCO2)c1ccccn1)C1CCN(C(=O)N2CCCC2)CC1. The Hall–Kier alpha value is -3.29. The summed E-state index contributed by atoms with van der Waals surface area (Å²) in [6, 6.07) is 11.1. The first-order valence-corrected chi connectivity index (χ1v) is 11.3. The monoisotopic (exact) mass is 436 g/mol. The van der Waals surface area contributed by atoms with Crippen LogP contribution in [0.5, 0.6) is 11.5 Å². The number of carbonyl (C=O) groups is 2. The van der Waals surface area contributed by atoms with Crippen molar-refractivity contribution < 1.29 is 19.1 Å². The zero-order valence-corrected chi connectivity index (χ0v) is 18.0. The summed E-state index contributed by atoms with van der Waals surface area (Å²) in [6.07, 6.45) is 5.23. The van der Waals surface area contributed by atoms with Crippen LogP contribution >= 0.6 is 0 Å². The van der Waals surface area contributed by atoms with E-state index >= 15 is 0 Å². The minimum absolute atomic E-state index is 0.00779. The number of nitrogens with one attached hydrogen (secondary N) is 1. The van der Waals surface area contributed by atoms with E-state index in [-0.39, 0.29) is 30.7 Å². The van der Waals surface area contributed by atoms with Crippen LogP contribution in [0.2, 0.25) is 0 Å². The van der Waals surface area contributed by atoms with Gasteiger partial charge in [-0.15, -0.1) is 0 Å². The van der Waals surface area contributed by atoms with Crippen molar-refractivity contribution in [3.8, 4) is 11.5 Å². The summed E-state index contributed by atoms with van der Waals surface area (Å²) in [4.78, 5) is 34.2. The van der Waals surface area contributed by atoms with Crippen molar-refractivity contribution in [2.45, 2.75) is 31.7 Å². The molecule has 5 rings (SSSR count). The number of benzene rings is 1. The number of likely N-dealkylation sites (tertiary alicyclic amines) is 2. The molecule has 4 heterocycles. The van der Waals surface area contributed by atoms with E-state index in [2.05, 4.69) is 10.3 Å². The largest absolute Gasteiger partial charge is 0.454 e. The number of pyridine rings is 1. The number of nitrogens with zero attached hydrogens (tertiary/aromatic N) is 3. The van der Waals surface area contributed by atoms with E-state index in [9.17, 15) is 9.59 Å². The standard InChI is InChI=1S/C24H28N4O4/c29-23(17-8-13-28(14-9-17)24(30)27-11-3-4-12-27)26-22(19-5-1-2-10-25-19)18-6-7-20-21(15-18)32-16-31-20/h1-2,5-7,10,15,17,22H,3-4,8-9,11-14,16H2,(H,26,29). The van der Waals surface area contributed by atoms with Gasteiger partial charge in [0.2, 0.25) is 12.7 Å². The molecule has 168 valence electrons. The summed E-state index contributed by atoms with van der Waals surface area (Å²) in [5.41, 5.74) is 1.66. The van der Waals surface area contributed by atoms with Gasteiger partial charge in [-0.3, -0.25) is 9.78 Å². The number of hydrogen-bond acceptors (Lipinski definition) is 5. The van der Waals surface area contributed by atoms with Crippen LogP contribution in [0, 0.1) is 5.92 Å². The molecule has 8 nitrogen and oxygen atoms in total. The van der Waals surface area contributed by atoms with Gasteiger partial charge in [-0.25, -0.2) is 4.79 Å². The van der Waals surface area contributed by atoms with E-state index in [0.29, 0.717) is 37.4 Å². The molecule has 1 N–H and O–H groups in total. The van der Waals surface area contributed by atoms with Gasteiger partial charge in [0.25, 0.3) is 0 Å². The minimum Gasteiger partial charge on any atom is -0.454 e. The van der Waals surface area contributed by atoms with Crippen molar-refractivity contribution in [2.24, 2.45) is 5.92 Å². The van der Waals surface area contributed by atoms with Crippen LogP contribution < -0.4 is 14.8 Å². The maximum absolute atomic E-state index is 13.2. The van der Waals surface area contributed by atoms with Crippen molar-refractivity contribution in [1.82, 2.24) is 20.1 Å². The Morgan fingerprint density at radius 3 is 2.47 bits per heavy atom. The molecule has 2 fully saturated rings. The van der Waals surface area contributed by atoms with Crippen molar-refractivity contribution >= 4 is 11.9 Å². The Morgan fingerprint density at radius 1 is 0.969 bits per heavy atom. The van der Waals surface area contributed by atoms with Gasteiger partial charge in [0.05, 0.1) is 11.7 Å². The van der Waals surface area contributed by atoms with Crippen molar-refractivity contribution in [1.29, 1.82) is 0 Å². The second kappa shape index (κ2) is 9.06. The number of fused-ring (bicyclic) bond motifs is 1. The van der Waals surface area contributed by atoms with Crippen LogP contribution in [0.4, 0.5) is 4.79 Å². The van der Waals surface area contributed by atoms with Crippen molar-refractivity contribution in [3.05, 3.63) is 53.9 Å². The van der Waals surface area contributed by atoms with E-state index in [0.717, 1.165) is 37.2 Å². The van der Waals surface area contributed by atoms with Crippen LogP contribution in [0.1, 0.15) is 43.0 Å². The second-order valence-corrected chi connectivity index (χ2v) is 8.55. The lowest BCUT2D eigenvalue weighted by Crippen LogP contribution is -2.48. The number of rotatable bonds is 4. The van der Waals surface area contributed by atoms with Gasteiger partial charge in [0.1, 0.15) is 0 Å². The van der Waals surface area contributed by atoms with E-state index in [4.69, 9.17) is 9.47 Å². The van der Waals surface area contributed by atoms with Gasteiger partial charge in [-0.05, 0) is 55.5 Å². The quantitative estimate of drug-likeness (QED) is 0.797. The fraction of sp³-hybridized carbons (Fsp3) is 0.458. The third-order valence-corrected chi connectivity index (χ3v) is 6.51. The highest BCUT2D eigenvalue weighted by Crippen LogP contribution is 2.35. The van der Waals surface area contributed by atoms with Crippen LogP contribution in [0.25, 0.3) is 0 Å². The topological polar surface area (TPSA) is 84.0 Å². The number of hydrogen-bond donors (Lipinski definition) is 1. The molecule has 3 aliphatic heterocycles. The molecule has 0 saturated carbocycles. The van der Waals surface area contributed by atoms with Crippen molar-refractivity contribution in [3.63, 3.8) is 0 Å². The highest BCUT2D eigenvalue weighted by atomic mass is 16.7. The lowest BCUT2D eigenvalue weighted by Gasteiger charge is -2.34. The molecular weight excluding hydrogens is 408 g/mol. The van der Waals surface area contributed by atoms with Gasteiger partial charge in [-0.2, -0.15) is 0 Å². The molecule has 8 heteroatoms. The van der Waals surface area contributed by atoms with Crippen LogP contribution in [0.3, 0.4) is 0 Å². The molecule has 2 aromatic rings. The average Bonchev–Trinajstić information content (AvgIpc) is 3.54. The highest BCUT2D eigenvalue weighted by molar-refractivity contribution is 5.80. The Labute approximate surface area is 187 Å². The first-order valence-electron chi connectivity index (χ1n) is 11.3. The van der Waals surface area contributed by atoms with Gasteiger partial charge >= 0.3 is 6.03 Å². The van der Waals surface area contributed by atoms with E-state index in [1.54, 1.807) is 6.20 Å². The number of piperidine rings is 1. The summed E-state index contributed by atoms with van der Waals surface area (Å²) in [6.45, 7) is 3.13. The first kappa shape index (κ1) is 20.6. The minimum atomic E-state index is -0.387. The lowest BCUT2D eigenvalue weighted by atomic mass is 9.94. The molecule has 0 spiro atoms. The molecule has 0 aliphatic carbocycles. The third-order valence-electron chi connectivity index (χ3n) is 6.51. The summed E-state index contributed by atoms with van der Waals surface area (Å²) in [5, 5.41) is 3.20. The average molecular weight is 437 g/mol. The van der Waals surface area contributed by atoms with Crippen LogP contribution in [-0.4, -0.2) is 59.7 Å². The Balaban J connectivity index is 1.27. The zero-order valence-electron chi connectivity index (χ0n) is 18.0. The normalized spacial score (nSPS) is 19.1. The lowest BCUT2D eigenvalue weighted by molar-refractivity contribution is -0.126. The molecule has 3 amide bonds. The Morgan fingerprint density at radius 2 is 1.72 bits per heavy atom. The fourth-order valence-electron chi connectivity index (χ4n) is 4.67. The van der Waals surface area contributed by atoms with E-state index in [1.165, 1.54) is 0 Å². The fourth-order valence-corrected chi connectivity index (χ4v) is 4.67. The van der Waals surface area contributed by atoms with Crippen LogP contribution in [-0.2, 0) is 4.79 Å². The smallest absolute Gasteiger partial charge is 0.319 e. The maximum atomic E-state index is 13.2. The Kier molecular flexibility index (Phi) is 5.83. The summed E-state index contributed by atoms with van der Waals surface area (Å²) in [5.74, 6) is 1.24. The number of aromatic nitrogens is 1. The molecule has 1 atom stereocenters. The number of amides is 3. The molecule has 0 bridgehead atoms. The summed E-state index contributed by atoms with van der Waals surface area (Å²) in [7, 11) is 0. The van der Waals surface area contributed by atoms with E-state index < -0.39 is 0 Å². The molecule has 0 radical (unpaired) electrons.